The van der Waals surface area contributed by atoms with Gasteiger partial charge in [-0.25, -0.2) is 4.39 Å². The highest BCUT2D eigenvalue weighted by molar-refractivity contribution is 5.99. The highest BCUT2D eigenvalue weighted by Crippen LogP contribution is 2.26. The van der Waals surface area contributed by atoms with Gasteiger partial charge in [-0.3, -0.25) is 9.59 Å². The van der Waals surface area contributed by atoms with Crippen molar-refractivity contribution in [2.45, 2.75) is 13.3 Å². The van der Waals surface area contributed by atoms with Crippen molar-refractivity contribution >= 4 is 17.6 Å². The zero-order valence-electron chi connectivity index (χ0n) is 10.1. The molecule has 1 aliphatic rings. The zero-order valence-corrected chi connectivity index (χ0v) is 10.1. The van der Waals surface area contributed by atoms with Gasteiger partial charge in [-0.05, 0) is 25.1 Å². The van der Waals surface area contributed by atoms with Crippen molar-refractivity contribution in [3.63, 3.8) is 0 Å². The van der Waals surface area contributed by atoms with E-state index in [1.165, 1.54) is 23.1 Å². The van der Waals surface area contributed by atoms with Crippen LogP contribution in [-0.2, 0) is 14.3 Å². The van der Waals surface area contributed by atoms with Crippen molar-refractivity contribution in [1.82, 2.24) is 0 Å². The molecule has 0 radical (unpaired) electrons. The number of carbonyl (C=O) groups excluding carboxylic acids is 2. The molecule has 0 saturated carbocycles. The molecular formula is C13H14FNO3. The van der Waals surface area contributed by atoms with Crippen LogP contribution in [0, 0.1) is 11.7 Å². The van der Waals surface area contributed by atoms with Gasteiger partial charge in [-0.2, -0.15) is 0 Å². The molecule has 1 aliphatic heterocycles. The van der Waals surface area contributed by atoms with Gasteiger partial charge in [0.2, 0.25) is 5.91 Å². The fourth-order valence-electron chi connectivity index (χ4n) is 2.02. The Morgan fingerprint density at radius 3 is 3.00 bits per heavy atom. The van der Waals surface area contributed by atoms with Crippen molar-refractivity contribution in [3.05, 3.63) is 30.1 Å². The molecule has 96 valence electrons. The Balaban J connectivity index is 2.12. The van der Waals surface area contributed by atoms with E-state index in [0.29, 0.717) is 12.3 Å². The van der Waals surface area contributed by atoms with Crippen molar-refractivity contribution in [2.75, 3.05) is 18.1 Å². The first-order chi connectivity index (χ1) is 8.61. The van der Waals surface area contributed by atoms with E-state index >= 15 is 0 Å². The van der Waals surface area contributed by atoms with Crippen LogP contribution < -0.4 is 4.90 Å². The Labute approximate surface area is 104 Å². The molecule has 0 unspecified atom stereocenters. The highest BCUT2D eigenvalue weighted by Gasteiger charge is 2.36. The number of nitrogens with zero attached hydrogens (tertiary/aromatic N) is 1. The number of ether oxygens (including phenoxy) is 1. The molecule has 1 aromatic rings. The topological polar surface area (TPSA) is 46.6 Å². The number of hydrogen-bond donors (Lipinski definition) is 0. The summed E-state index contributed by atoms with van der Waals surface area (Å²) in [5, 5.41) is 0. The van der Waals surface area contributed by atoms with E-state index in [9.17, 15) is 14.0 Å². The third kappa shape index (κ3) is 2.50. The number of amides is 1. The van der Waals surface area contributed by atoms with Gasteiger partial charge in [-0.15, -0.1) is 0 Å². The normalized spacial score (nSPS) is 19.1. The number of benzene rings is 1. The average molecular weight is 251 g/mol. The second-order valence-corrected chi connectivity index (χ2v) is 4.14. The Morgan fingerprint density at radius 2 is 2.33 bits per heavy atom. The van der Waals surface area contributed by atoms with Crippen LogP contribution in [0.2, 0.25) is 0 Å². The summed E-state index contributed by atoms with van der Waals surface area (Å²) in [6.45, 7) is 2.27. The molecule has 1 atom stereocenters. The molecular weight excluding hydrogens is 237 g/mol. The minimum atomic E-state index is -0.458. The second-order valence-electron chi connectivity index (χ2n) is 4.14. The molecule has 1 aromatic carbocycles. The maximum absolute atomic E-state index is 13.1. The summed E-state index contributed by atoms with van der Waals surface area (Å²) in [6, 6.07) is 5.78. The fourth-order valence-corrected chi connectivity index (χ4v) is 2.02. The molecule has 1 amide bonds. The van der Waals surface area contributed by atoms with Crippen LogP contribution in [0.5, 0.6) is 0 Å². The van der Waals surface area contributed by atoms with Gasteiger partial charge in [0, 0.05) is 18.7 Å². The summed E-state index contributed by atoms with van der Waals surface area (Å²) >= 11 is 0. The largest absolute Gasteiger partial charge is 0.466 e. The number of carbonyl (C=O) groups is 2. The molecule has 0 aliphatic carbocycles. The van der Waals surface area contributed by atoms with Gasteiger partial charge in [0.25, 0.3) is 0 Å². The third-order valence-electron chi connectivity index (χ3n) is 2.86. The van der Waals surface area contributed by atoms with Crippen LogP contribution in [0.1, 0.15) is 13.3 Å². The van der Waals surface area contributed by atoms with E-state index in [2.05, 4.69) is 0 Å². The molecule has 2 rings (SSSR count). The summed E-state index contributed by atoms with van der Waals surface area (Å²) in [5.41, 5.74) is 0.479. The first-order valence-electron chi connectivity index (χ1n) is 5.84. The lowest BCUT2D eigenvalue weighted by molar-refractivity contribution is -0.147. The maximum Gasteiger partial charge on any atom is 0.311 e. The Morgan fingerprint density at radius 1 is 1.56 bits per heavy atom. The molecule has 4 nitrogen and oxygen atoms in total. The number of halogens is 1. The minimum absolute atomic E-state index is 0.120. The predicted molar refractivity (Wildman–Crippen MR) is 63.5 cm³/mol. The number of esters is 1. The molecule has 18 heavy (non-hydrogen) atoms. The van der Waals surface area contributed by atoms with E-state index < -0.39 is 11.7 Å². The highest BCUT2D eigenvalue weighted by atomic mass is 19.1. The number of hydrogen-bond acceptors (Lipinski definition) is 3. The molecule has 5 heteroatoms. The van der Waals surface area contributed by atoms with Crippen LogP contribution in [0.15, 0.2) is 24.3 Å². The second kappa shape index (κ2) is 5.16. The molecule has 0 aromatic heterocycles. The van der Waals surface area contributed by atoms with Crippen molar-refractivity contribution in [3.8, 4) is 0 Å². The summed E-state index contributed by atoms with van der Waals surface area (Å²) in [7, 11) is 0. The lowest BCUT2D eigenvalue weighted by Gasteiger charge is -2.16. The molecule has 1 heterocycles. The van der Waals surface area contributed by atoms with Crippen molar-refractivity contribution in [2.24, 2.45) is 5.92 Å². The number of anilines is 1. The Hall–Kier alpha value is -1.91. The molecule has 0 spiro atoms. The lowest BCUT2D eigenvalue weighted by atomic mass is 10.1. The van der Waals surface area contributed by atoms with Gasteiger partial charge in [0.1, 0.15) is 5.82 Å². The SMILES string of the molecule is CCOC(=O)[C@H]1CC(=O)N(c2cccc(F)c2)C1. The molecule has 0 bridgehead atoms. The Kier molecular flexibility index (Phi) is 3.60. The summed E-state index contributed by atoms with van der Waals surface area (Å²) in [4.78, 5) is 24.8. The van der Waals surface area contributed by atoms with E-state index in [-0.39, 0.29) is 24.8 Å². The van der Waals surface area contributed by atoms with Crippen molar-refractivity contribution in [1.29, 1.82) is 0 Å². The lowest BCUT2D eigenvalue weighted by Crippen LogP contribution is -2.26. The number of rotatable bonds is 3. The van der Waals surface area contributed by atoms with Gasteiger partial charge in [-0.1, -0.05) is 6.07 Å². The molecule has 1 fully saturated rings. The van der Waals surface area contributed by atoms with Crippen LogP contribution >= 0.6 is 0 Å². The van der Waals surface area contributed by atoms with E-state index in [0.717, 1.165) is 0 Å². The van der Waals surface area contributed by atoms with Gasteiger partial charge in [0.05, 0.1) is 12.5 Å². The first-order valence-corrected chi connectivity index (χ1v) is 5.84. The van der Waals surface area contributed by atoms with Gasteiger partial charge in [0.15, 0.2) is 0 Å². The van der Waals surface area contributed by atoms with Crippen LogP contribution in [-0.4, -0.2) is 25.0 Å². The monoisotopic (exact) mass is 251 g/mol. The predicted octanol–water partition coefficient (Wildman–Crippen LogP) is 1.74. The zero-order chi connectivity index (χ0) is 13.1. The molecule has 0 N–H and O–H groups in total. The average Bonchev–Trinajstić information content (AvgIpc) is 2.72. The van der Waals surface area contributed by atoms with Gasteiger partial charge < -0.3 is 9.64 Å². The Bertz CT molecular complexity index is 475. The van der Waals surface area contributed by atoms with E-state index in [1.54, 1.807) is 13.0 Å². The van der Waals surface area contributed by atoms with E-state index in [1.807, 2.05) is 0 Å². The summed E-state index contributed by atoms with van der Waals surface area (Å²) in [5.74, 6) is -1.41. The van der Waals surface area contributed by atoms with Crippen LogP contribution in [0.4, 0.5) is 10.1 Å². The van der Waals surface area contributed by atoms with Gasteiger partial charge >= 0.3 is 5.97 Å². The minimum Gasteiger partial charge on any atom is -0.466 e. The first kappa shape index (κ1) is 12.5. The molecule has 1 saturated heterocycles. The van der Waals surface area contributed by atoms with Crippen LogP contribution in [0.25, 0.3) is 0 Å². The quantitative estimate of drug-likeness (QED) is 0.769. The summed E-state index contributed by atoms with van der Waals surface area (Å²) in [6.07, 6.45) is 0.120. The standard InChI is InChI=1S/C13H14FNO3/c1-2-18-13(17)9-6-12(16)15(8-9)11-5-3-4-10(14)7-11/h3-5,7,9H,2,6,8H2,1H3/t9-/m0/s1. The van der Waals surface area contributed by atoms with Crippen LogP contribution in [0.3, 0.4) is 0 Å². The fraction of sp³-hybridized carbons (Fsp3) is 0.385. The van der Waals surface area contributed by atoms with E-state index in [4.69, 9.17) is 4.74 Å². The van der Waals surface area contributed by atoms with Crippen molar-refractivity contribution < 1.29 is 18.7 Å². The summed E-state index contributed by atoms with van der Waals surface area (Å²) < 4.78 is 18.0. The maximum atomic E-state index is 13.1. The smallest absolute Gasteiger partial charge is 0.311 e. The third-order valence-corrected chi connectivity index (χ3v) is 2.86.